The number of likely N-dealkylation sites (tertiary alicyclic amines) is 1. The number of carbonyl (C=O) groups is 1. The number of carbonyl (C=O) groups excluding carboxylic acids is 1. The molecule has 0 radical (unpaired) electrons. The molecule has 2 aliphatic rings. The maximum absolute atomic E-state index is 11.8. The molecule has 78 valence electrons. The topological polar surface area (TPSA) is 23.3 Å². The summed E-state index contributed by atoms with van der Waals surface area (Å²) in [7, 11) is 3.99. The van der Waals surface area contributed by atoms with Crippen LogP contribution in [-0.2, 0) is 0 Å². The maximum Gasteiger partial charge on any atom is 0.254 e. The zero-order chi connectivity index (χ0) is 10.6. The van der Waals surface area contributed by atoms with Gasteiger partial charge in [-0.2, -0.15) is 0 Å². The Hall–Kier alpha value is -1.51. The molecule has 0 aromatic heterocycles. The second-order valence-electron chi connectivity index (χ2n) is 4.52. The molecular formula is C12H14N2O. The van der Waals surface area contributed by atoms with Crippen molar-refractivity contribution in [2.75, 3.05) is 19.0 Å². The van der Waals surface area contributed by atoms with Crippen LogP contribution >= 0.6 is 0 Å². The minimum absolute atomic E-state index is 0.196. The summed E-state index contributed by atoms with van der Waals surface area (Å²) in [5.41, 5.74) is 1.94. The first-order chi connectivity index (χ1) is 7.18. The Morgan fingerprint density at radius 2 is 1.87 bits per heavy atom. The van der Waals surface area contributed by atoms with Gasteiger partial charge in [-0.1, -0.05) is 0 Å². The largest absolute Gasteiger partial charge is 0.378 e. The van der Waals surface area contributed by atoms with Gasteiger partial charge in [0.25, 0.3) is 5.91 Å². The number of anilines is 1. The van der Waals surface area contributed by atoms with Crippen molar-refractivity contribution in [1.29, 1.82) is 0 Å². The fraction of sp³-hybridized carbons (Fsp3) is 0.417. The van der Waals surface area contributed by atoms with Crippen LogP contribution in [0, 0.1) is 0 Å². The van der Waals surface area contributed by atoms with Crippen LogP contribution < -0.4 is 4.90 Å². The average Bonchev–Trinajstić information content (AvgIpc) is 3.07. The van der Waals surface area contributed by atoms with Crippen molar-refractivity contribution < 1.29 is 4.79 Å². The molecule has 1 aromatic carbocycles. The highest BCUT2D eigenvalue weighted by Crippen LogP contribution is 2.51. The van der Waals surface area contributed by atoms with Crippen LogP contribution in [0.5, 0.6) is 0 Å². The van der Waals surface area contributed by atoms with Crippen molar-refractivity contribution in [2.45, 2.75) is 18.5 Å². The van der Waals surface area contributed by atoms with E-state index in [0.717, 1.165) is 11.3 Å². The Morgan fingerprint density at radius 1 is 1.27 bits per heavy atom. The Morgan fingerprint density at radius 3 is 2.27 bits per heavy atom. The Balaban J connectivity index is 1.77. The van der Waals surface area contributed by atoms with Crippen LogP contribution in [-0.4, -0.2) is 37.0 Å². The lowest BCUT2D eigenvalue weighted by Gasteiger charge is -2.13. The second kappa shape index (κ2) is 2.75. The maximum atomic E-state index is 11.8. The Kier molecular flexibility index (Phi) is 1.61. The Labute approximate surface area is 89.3 Å². The molecule has 1 amide bonds. The van der Waals surface area contributed by atoms with Crippen molar-refractivity contribution >= 4 is 11.6 Å². The summed E-state index contributed by atoms with van der Waals surface area (Å²) in [5.74, 6) is 0.196. The van der Waals surface area contributed by atoms with Gasteiger partial charge in [0.05, 0.1) is 12.1 Å². The van der Waals surface area contributed by atoms with Gasteiger partial charge in [0.15, 0.2) is 0 Å². The molecule has 3 rings (SSSR count). The summed E-state index contributed by atoms with van der Waals surface area (Å²) in [5, 5.41) is 0. The third kappa shape index (κ3) is 1.30. The molecular weight excluding hydrogens is 188 g/mol. The number of hydrogen-bond acceptors (Lipinski definition) is 2. The Bertz CT molecular complexity index is 402. The zero-order valence-corrected chi connectivity index (χ0v) is 8.97. The summed E-state index contributed by atoms with van der Waals surface area (Å²) in [6.07, 6.45) is 1.22. The molecule has 1 aliphatic heterocycles. The summed E-state index contributed by atoms with van der Waals surface area (Å²) in [4.78, 5) is 15.8. The highest BCUT2D eigenvalue weighted by molar-refractivity contribution is 5.97. The van der Waals surface area contributed by atoms with Crippen LogP contribution in [0.25, 0.3) is 0 Å². The number of hydrogen-bond donors (Lipinski definition) is 0. The van der Waals surface area contributed by atoms with Gasteiger partial charge in [-0.25, -0.2) is 0 Å². The quantitative estimate of drug-likeness (QED) is 0.676. The molecule has 1 aromatic rings. The van der Waals surface area contributed by atoms with E-state index in [1.807, 2.05) is 48.2 Å². The number of nitrogens with zero attached hydrogens (tertiary/aromatic N) is 2. The zero-order valence-electron chi connectivity index (χ0n) is 8.97. The van der Waals surface area contributed by atoms with Gasteiger partial charge in [0, 0.05) is 25.3 Å². The van der Waals surface area contributed by atoms with E-state index in [-0.39, 0.29) is 5.91 Å². The molecule has 1 saturated carbocycles. The van der Waals surface area contributed by atoms with Crippen molar-refractivity contribution in [2.24, 2.45) is 0 Å². The lowest BCUT2D eigenvalue weighted by Crippen LogP contribution is -2.19. The lowest BCUT2D eigenvalue weighted by atomic mass is 10.2. The molecule has 2 atom stereocenters. The standard InChI is InChI=1S/C12H14N2O/c1-13(2)9-5-3-8(4-6-9)12(15)14-10-7-11(10)14/h3-6,10-11H,7H2,1-2H3. The van der Waals surface area contributed by atoms with Crippen LogP contribution in [0.4, 0.5) is 5.69 Å². The fourth-order valence-electron chi connectivity index (χ4n) is 1.95. The number of rotatable bonds is 2. The predicted octanol–water partition coefficient (Wildman–Crippen LogP) is 1.35. The summed E-state index contributed by atoms with van der Waals surface area (Å²) in [6.45, 7) is 0. The van der Waals surface area contributed by atoms with Gasteiger partial charge in [-0.05, 0) is 30.7 Å². The first-order valence-electron chi connectivity index (χ1n) is 5.28. The lowest BCUT2D eigenvalue weighted by molar-refractivity contribution is 0.0842. The molecule has 3 heteroatoms. The van der Waals surface area contributed by atoms with Gasteiger partial charge in [-0.3, -0.25) is 4.79 Å². The average molecular weight is 202 g/mol. The van der Waals surface area contributed by atoms with Gasteiger partial charge >= 0.3 is 0 Å². The monoisotopic (exact) mass is 202 g/mol. The van der Waals surface area contributed by atoms with Gasteiger partial charge in [-0.15, -0.1) is 0 Å². The van der Waals surface area contributed by atoms with Crippen LogP contribution in [0.3, 0.4) is 0 Å². The molecule has 0 N–H and O–H groups in total. The third-order valence-corrected chi connectivity index (χ3v) is 3.21. The van der Waals surface area contributed by atoms with Crippen molar-refractivity contribution in [3.05, 3.63) is 29.8 Å². The third-order valence-electron chi connectivity index (χ3n) is 3.21. The normalized spacial score (nSPS) is 25.9. The minimum Gasteiger partial charge on any atom is -0.378 e. The van der Waals surface area contributed by atoms with Crippen LogP contribution in [0.15, 0.2) is 24.3 Å². The molecule has 1 aliphatic carbocycles. The van der Waals surface area contributed by atoms with E-state index in [1.54, 1.807) is 0 Å². The number of amides is 1. The molecule has 0 spiro atoms. The first-order valence-corrected chi connectivity index (χ1v) is 5.28. The summed E-state index contributed by atoms with van der Waals surface area (Å²) >= 11 is 0. The van der Waals surface area contributed by atoms with Gasteiger partial charge in [0.1, 0.15) is 0 Å². The van der Waals surface area contributed by atoms with Crippen molar-refractivity contribution in [1.82, 2.24) is 4.90 Å². The molecule has 3 nitrogen and oxygen atoms in total. The molecule has 1 heterocycles. The molecule has 2 unspecified atom stereocenters. The molecule has 1 saturated heterocycles. The minimum atomic E-state index is 0.196. The predicted molar refractivity (Wildman–Crippen MR) is 59.1 cm³/mol. The molecule has 0 bridgehead atoms. The SMILES string of the molecule is CN(C)c1ccc(C(=O)N2C3CC32)cc1. The van der Waals surface area contributed by atoms with Gasteiger partial charge < -0.3 is 9.80 Å². The van der Waals surface area contributed by atoms with Crippen molar-refractivity contribution in [3.8, 4) is 0 Å². The fourth-order valence-corrected chi connectivity index (χ4v) is 1.95. The number of fused-ring (bicyclic) bond motifs is 1. The van der Waals surface area contributed by atoms with Crippen LogP contribution in [0.1, 0.15) is 16.8 Å². The highest BCUT2D eigenvalue weighted by Gasteiger charge is 2.65. The van der Waals surface area contributed by atoms with E-state index in [2.05, 4.69) is 0 Å². The van der Waals surface area contributed by atoms with E-state index >= 15 is 0 Å². The van der Waals surface area contributed by atoms with E-state index in [1.165, 1.54) is 6.42 Å². The summed E-state index contributed by atoms with van der Waals surface area (Å²) in [6, 6.07) is 8.98. The highest BCUT2D eigenvalue weighted by atomic mass is 16.2. The van der Waals surface area contributed by atoms with E-state index < -0.39 is 0 Å². The first kappa shape index (κ1) is 8.77. The van der Waals surface area contributed by atoms with Gasteiger partial charge in [0.2, 0.25) is 0 Å². The van der Waals surface area contributed by atoms with Crippen molar-refractivity contribution in [3.63, 3.8) is 0 Å². The summed E-state index contributed by atoms with van der Waals surface area (Å²) < 4.78 is 0. The number of benzene rings is 1. The van der Waals surface area contributed by atoms with E-state index in [0.29, 0.717) is 12.1 Å². The second-order valence-corrected chi connectivity index (χ2v) is 4.52. The molecule has 15 heavy (non-hydrogen) atoms. The smallest absolute Gasteiger partial charge is 0.254 e. The van der Waals surface area contributed by atoms with Crippen LogP contribution in [0.2, 0.25) is 0 Å². The van der Waals surface area contributed by atoms with E-state index in [4.69, 9.17) is 0 Å². The van der Waals surface area contributed by atoms with E-state index in [9.17, 15) is 4.79 Å². The molecule has 2 fully saturated rings.